The Hall–Kier alpha value is -3.15. The van der Waals surface area contributed by atoms with Crippen molar-refractivity contribution in [1.82, 2.24) is 4.90 Å². The molecule has 0 aromatic heterocycles. The van der Waals surface area contributed by atoms with Crippen LogP contribution in [0.1, 0.15) is 40.7 Å². The molecule has 0 bridgehead atoms. The summed E-state index contributed by atoms with van der Waals surface area (Å²) in [5, 5.41) is 2.95. The summed E-state index contributed by atoms with van der Waals surface area (Å²) in [6.45, 7) is 4.33. The summed E-state index contributed by atoms with van der Waals surface area (Å²) >= 11 is 0. The summed E-state index contributed by atoms with van der Waals surface area (Å²) in [5.41, 5.74) is 3.69. The Kier molecular flexibility index (Phi) is 5.09. The molecule has 6 heteroatoms. The number of nitrogens with one attached hydrogen (secondary N) is 1. The number of hydrogen-bond acceptors (Lipinski definition) is 3. The summed E-state index contributed by atoms with van der Waals surface area (Å²) in [6, 6.07) is 12.4. The van der Waals surface area contributed by atoms with E-state index in [1.807, 2.05) is 32.0 Å². The summed E-state index contributed by atoms with van der Waals surface area (Å²) < 4.78 is 0. The number of benzene rings is 2. The maximum absolute atomic E-state index is 13.4. The van der Waals surface area contributed by atoms with E-state index in [-0.39, 0.29) is 24.3 Å². The lowest BCUT2D eigenvalue weighted by atomic mass is 10.0. The second kappa shape index (κ2) is 7.70. The number of piperidine rings is 1. The molecule has 2 aromatic rings. The zero-order valence-electron chi connectivity index (χ0n) is 16.8. The minimum atomic E-state index is -0.503. The fourth-order valence-corrected chi connectivity index (χ4v) is 4.27. The summed E-state index contributed by atoms with van der Waals surface area (Å²) in [4.78, 5) is 42.5. The maximum atomic E-state index is 13.4. The van der Waals surface area contributed by atoms with Gasteiger partial charge in [-0.05, 0) is 56.4 Å². The van der Waals surface area contributed by atoms with Crippen molar-refractivity contribution in [1.29, 1.82) is 0 Å². The van der Waals surface area contributed by atoms with Crippen molar-refractivity contribution >= 4 is 29.1 Å². The number of fused-ring (bicyclic) bond motifs is 2. The van der Waals surface area contributed by atoms with Gasteiger partial charge in [-0.15, -0.1) is 0 Å². The molecule has 2 aliphatic heterocycles. The molecule has 150 valence electrons. The Labute approximate surface area is 170 Å². The molecule has 2 aliphatic rings. The van der Waals surface area contributed by atoms with Crippen LogP contribution in [0.2, 0.25) is 0 Å². The van der Waals surface area contributed by atoms with Crippen LogP contribution in [0.4, 0.5) is 11.4 Å². The number of nitrogens with zero attached hydrogens (tertiary/aromatic N) is 2. The Morgan fingerprint density at radius 3 is 2.52 bits per heavy atom. The van der Waals surface area contributed by atoms with Crippen LogP contribution in [0.15, 0.2) is 42.5 Å². The molecule has 1 saturated heterocycles. The molecule has 1 fully saturated rings. The van der Waals surface area contributed by atoms with Gasteiger partial charge in [-0.3, -0.25) is 14.4 Å². The van der Waals surface area contributed by atoms with Crippen LogP contribution in [0.3, 0.4) is 0 Å². The van der Waals surface area contributed by atoms with Crippen molar-refractivity contribution in [3.8, 4) is 0 Å². The van der Waals surface area contributed by atoms with Crippen LogP contribution in [-0.2, 0) is 9.59 Å². The van der Waals surface area contributed by atoms with E-state index in [0.717, 1.165) is 29.7 Å². The first-order chi connectivity index (χ1) is 14.0. The number of anilines is 2. The van der Waals surface area contributed by atoms with Crippen molar-refractivity contribution < 1.29 is 14.4 Å². The molecule has 0 radical (unpaired) electrons. The second-order valence-corrected chi connectivity index (χ2v) is 7.77. The van der Waals surface area contributed by atoms with Crippen molar-refractivity contribution in [2.24, 2.45) is 0 Å². The van der Waals surface area contributed by atoms with Crippen LogP contribution < -0.4 is 10.2 Å². The molecule has 3 amide bonds. The van der Waals surface area contributed by atoms with Gasteiger partial charge in [0, 0.05) is 12.2 Å². The lowest BCUT2D eigenvalue weighted by molar-refractivity contribution is -0.125. The van der Waals surface area contributed by atoms with Gasteiger partial charge in [0.2, 0.25) is 11.8 Å². The van der Waals surface area contributed by atoms with Crippen LogP contribution >= 0.6 is 0 Å². The van der Waals surface area contributed by atoms with Gasteiger partial charge in [-0.2, -0.15) is 0 Å². The lowest BCUT2D eigenvalue weighted by Crippen LogP contribution is -2.52. The predicted octanol–water partition coefficient (Wildman–Crippen LogP) is 3.28. The largest absolute Gasteiger partial charge is 0.327 e. The van der Waals surface area contributed by atoms with E-state index in [4.69, 9.17) is 0 Å². The Balaban J connectivity index is 1.66. The third-order valence-corrected chi connectivity index (χ3v) is 5.79. The summed E-state index contributed by atoms with van der Waals surface area (Å²) in [7, 11) is 0. The average molecular weight is 391 g/mol. The van der Waals surface area contributed by atoms with Crippen LogP contribution in [-0.4, -0.2) is 41.8 Å². The molecule has 2 heterocycles. The second-order valence-electron chi connectivity index (χ2n) is 7.77. The molecule has 0 spiro atoms. The number of rotatable bonds is 3. The standard InChI is InChI=1S/C23H25N3O3/c1-15-8-7-9-16(2)21(15)24-20(27)14-26-18-11-4-3-10-17(18)22(28)25-13-6-5-12-19(25)23(26)29/h3-4,7-11,19H,5-6,12-14H2,1-2H3,(H,24,27)/t19-/m1/s1. The quantitative estimate of drug-likeness (QED) is 0.873. The third-order valence-electron chi connectivity index (χ3n) is 5.79. The highest BCUT2D eigenvalue weighted by atomic mass is 16.2. The first-order valence-corrected chi connectivity index (χ1v) is 10.0. The van der Waals surface area contributed by atoms with Crippen molar-refractivity contribution in [3.63, 3.8) is 0 Å². The molecule has 6 nitrogen and oxygen atoms in total. The van der Waals surface area contributed by atoms with Gasteiger partial charge in [0.1, 0.15) is 12.6 Å². The Morgan fingerprint density at radius 1 is 1.03 bits per heavy atom. The highest BCUT2D eigenvalue weighted by Crippen LogP contribution is 2.31. The zero-order chi connectivity index (χ0) is 20.5. The Bertz CT molecular complexity index is 965. The molecular weight excluding hydrogens is 366 g/mol. The molecule has 0 saturated carbocycles. The average Bonchev–Trinajstić information content (AvgIpc) is 2.81. The van der Waals surface area contributed by atoms with E-state index < -0.39 is 6.04 Å². The number of carbonyl (C=O) groups excluding carboxylic acids is 3. The predicted molar refractivity (Wildman–Crippen MR) is 112 cm³/mol. The van der Waals surface area contributed by atoms with Crippen molar-refractivity contribution in [3.05, 3.63) is 59.2 Å². The van der Waals surface area contributed by atoms with Gasteiger partial charge < -0.3 is 15.1 Å². The summed E-state index contributed by atoms with van der Waals surface area (Å²) in [6.07, 6.45) is 2.43. The highest BCUT2D eigenvalue weighted by molar-refractivity contribution is 6.13. The first-order valence-electron chi connectivity index (χ1n) is 10.0. The first kappa shape index (κ1) is 19.2. The molecule has 29 heavy (non-hydrogen) atoms. The van der Waals surface area contributed by atoms with Crippen molar-refractivity contribution in [2.75, 3.05) is 23.3 Å². The fourth-order valence-electron chi connectivity index (χ4n) is 4.27. The van der Waals surface area contributed by atoms with Crippen LogP contribution in [0, 0.1) is 13.8 Å². The fraction of sp³-hybridized carbons (Fsp3) is 0.348. The van der Waals surface area contributed by atoms with Crippen LogP contribution in [0.25, 0.3) is 0 Å². The number of carbonyl (C=O) groups is 3. The highest BCUT2D eigenvalue weighted by Gasteiger charge is 2.41. The van der Waals surface area contributed by atoms with Gasteiger partial charge in [0.15, 0.2) is 0 Å². The molecule has 2 aromatic carbocycles. The topological polar surface area (TPSA) is 69.7 Å². The van der Waals surface area contributed by atoms with E-state index >= 15 is 0 Å². The smallest absolute Gasteiger partial charge is 0.256 e. The molecule has 4 rings (SSSR count). The molecule has 1 N–H and O–H groups in total. The number of hydrogen-bond donors (Lipinski definition) is 1. The maximum Gasteiger partial charge on any atom is 0.256 e. The van der Waals surface area contributed by atoms with Gasteiger partial charge in [0.05, 0.1) is 11.3 Å². The van der Waals surface area contributed by atoms with Gasteiger partial charge >= 0.3 is 0 Å². The third kappa shape index (κ3) is 3.50. The minimum absolute atomic E-state index is 0.124. The number of amides is 3. The number of para-hydroxylation sites is 2. The van der Waals surface area contributed by atoms with E-state index in [2.05, 4.69) is 5.32 Å². The van der Waals surface area contributed by atoms with E-state index in [9.17, 15) is 14.4 Å². The van der Waals surface area contributed by atoms with Gasteiger partial charge in [-0.1, -0.05) is 30.3 Å². The van der Waals surface area contributed by atoms with E-state index in [0.29, 0.717) is 24.2 Å². The van der Waals surface area contributed by atoms with Crippen LogP contribution in [0.5, 0.6) is 0 Å². The lowest BCUT2D eigenvalue weighted by Gasteiger charge is -2.34. The zero-order valence-corrected chi connectivity index (χ0v) is 16.8. The molecule has 1 atom stereocenters. The normalized spacial score (nSPS) is 18.8. The number of aryl methyl sites for hydroxylation is 2. The molecule has 0 unspecified atom stereocenters. The van der Waals surface area contributed by atoms with Gasteiger partial charge in [-0.25, -0.2) is 0 Å². The minimum Gasteiger partial charge on any atom is -0.327 e. The Morgan fingerprint density at radius 2 is 1.76 bits per heavy atom. The molecule has 0 aliphatic carbocycles. The summed E-state index contributed by atoms with van der Waals surface area (Å²) in [5.74, 6) is -0.585. The van der Waals surface area contributed by atoms with Gasteiger partial charge in [0.25, 0.3) is 5.91 Å². The monoisotopic (exact) mass is 391 g/mol. The molecular formula is C23H25N3O3. The van der Waals surface area contributed by atoms with E-state index in [1.165, 1.54) is 4.90 Å². The van der Waals surface area contributed by atoms with Crippen molar-refractivity contribution in [2.45, 2.75) is 39.2 Å². The van der Waals surface area contributed by atoms with E-state index in [1.54, 1.807) is 29.2 Å². The SMILES string of the molecule is Cc1cccc(C)c1NC(=O)CN1C(=O)[C@H]2CCCCN2C(=O)c2ccccc21.